The zero-order chi connectivity index (χ0) is 10.4. The summed E-state index contributed by atoms with van der Waals surface area (Å²) in [5, 5.41) is 3.18. The first-order chi connectivity index (χ1) is 5.93. The third-order valence-electron chi connectivity index (χ3n) is 1.57. The molecule has 0 spiro atoms. The minimum atomic E-state index is 0.0220. The molecule has 0 saturated carbocycles. The van der Waals surface area contributed by atoms with Crippen LogP contribution < -0.4 is 5.32 Å². The number of likely N-dealkylation sites (N-methyl/N-ethyl adjacent to an activating group) is 1. The van der Waals surface area contributed by atoms with Gasteiger partial charge in [0.25, 0.3) is 0 Å². The molecule has 0 aliphatic carbocycles. The van der Waals surface area contributed by atoms with Crippen LogP contribution in [-0.4, -0.2) is 31.4 Å². The number of amides is 1. The molecule has 76 valence electrons. The highest BCUT2D eigenvalue weighted by Gasteiger charge is 2.00. The molecule has 0 aliphatic heterocycles. The summed E-state index contributed by atoms with van der Waals surface area (Å²) < 4.78 is 0. The average molecular weight is 184 g/mol. The van der Waals surface area contributed by atoms with E-state index >= 15 is 0 Å². The van der Waals surface area contributed by atoms with E-state index in [9.17, 15) is 4.79 Å². The molecule has 0 atom stereocenters. The molecule has 0 aromatic rings. The minimum Gasteiger partial charge on any atom is -0.388 e. The van der Waals surface area contributed by atoms with Crippen molar-refractivity contribution in [2.45, 2.75) is 20.8 Å². The van der Waals surface area contributed by atoms with Gasteiger partial charge in [0.1, 0.15) is 0 Å². The van der Waals surface area contributed by atoms with Crippen LogP contribution in [0.1, 0.15) is 20.8 Å². The normalized spacial score (nSPS) is 11.7. The molecular formula is C10H20N2O. The molecule has 0 rings (SSSR count). The van der Waals surface area contributed by atoms with Crippen molar-refractivity contribution in [3.05, 3.63) is 11.8 Å². The van der Waals surface area contributed by atoms with E-state index in [0.717, 1.165) is 12.2 Å². The van der Waals surface area contributed by atoms with Crippen molar-refractivity contribution in [3.63, 3.8) is 0 Å². The standard InChI is InChI=1S/C10H20N2O/c1-8(2)7-11-9(3)6-10(13)12(4)5/h6,8,11H,7H2,1-5H3. The van der Waals surface area contributed by atoms with Gasteiger partial charge in [-0.05, 0) is 12.8 Å². The summed E-state index contributed by atoms with van der Waals surface area (Å²) in [5.41, 5.74) is 0.924. The summed E-state index contributed by atoms with van der Waals surface area (Å²) in [6.07, 6.45) is 1.61. The van der Waals surface area contributed by atoms with Gasteiger partial charge >= 0.3 is 0 Å². The van der Waals surface area contributed by atoms with Crippen LogP contribution in [0.3, 0.4) is 0 Å². The van der Waals surface area contributed by atoms with Crippen LogP contribution in [0.2, 0.25) is 0 Å². The zero-order valence-corrected chi connectivity index (χ0v) is 9.22. The van der Waals surface area contributed by atoms with Crippen molar-refractivity contribution in [2.24, 2.45) is 5.92 Å². The molecule has 13 heavy (non-hydrogen) atoms. The fraction of sp³-hybridized carbons (Fsp3) is 0.700. The fourth-order valence-electron chi connectivity index (χ4n) is 0.730. The predicted octanol–water partition coefficient (Wildman–Crippen LogP) is 1.22. The van der Waals surface area contributed by atoms with E-state index in [0.29, 0.717) is 5.92 Å². The Morgan fingerprint density at radius 2 is 2.00 bits per heavy atom. The van der Waals surface area contributed by atoms with Gasteiger partial charge in [0, 0.05) is 32.4 Å². The van der Waals surface area contributed by atoms with Gasteiger partial charge in [0.05, 0.1) is 0 Å². The molecule has 0 unspecified atom stereocenters. The molecule has 3 heteroatoms. The first-order valence-corrected chi connectivity index (χ1v) is 4.57. The molecule has 0 heterocycles. The lowest BCUT2D eigenvalue weighted by Gasteiger charge is -2.11. The van der Waals surface area contributed by atoms with Crippen molar-refractivity contribution < 1.29 is 4.79 Å². The van der Waals surface area contributed by atoms with Crippen LogP contribution in [0.25, 0.3) is 0 Å². The number of rotatable bonds is 4. The highest BCUT2D eigenvalue weighted by atomic mass is 16.2. The molecule has 0 aliphatic rings. The highest BCUT2D eigenvalue weighted by molar-refractivity contribution is 5.87. The Hall–Kier alpha value is -0.990. The molecule has 1 amide bonds. The zero-order valence-electron chi connectivity index (χ0n) is 9.22. The number of nitrogens with one attached hydrogen (secondary N) is 1. The Morgan fingerprint density at radius 1 is 1.46 bits per heavy atom. The van der Waals surface area contributed by atoms with Crippen molar-refractivity contribution in [1.82, 2.24) is 10.2 Å². The monoisotopic (exact) mass is 184 g/mol. The topological polar surface area (TPSA) is 32.3 Å². The van der Waals surface area contributed by atoms with Gasteiger partial charge in [-0.3, -0.25) is 4.79 Å². The third kappa shape index (κ3) is 6.20. The van der Waals surface area contributed by atoms with E-state index in [1.807, 2.05) is 6.92 Å². The largest absolute Gasteiger partial charge is 0.388 e. The molecule has 0 saturated heterocycles. The second kappa shape index (κ2) is 5.62. The smallest absolute Gasteiger partial charge is 0.247 e. The maximum absolute atomic E-state index is 11.2. The summed E-state index contributed by atoms with van der Waals surface area (Å²) in [4.78, 5) is 12.8. The van der Waals surface area contributed by atoms with Gasteiger partial charge < -0.3 is 10.2 Å². The van der Waals surface area contributed by atoms with Crippen molar-refractivity contribution in [2.75, 3.05) is 20.6 Å². The molecule has 1 N–H and O–H groups in total. The summed E-state index contributed by atoms with van der Waals surface area (Å²) in [6.45, 7) is 7.08. The molecule has 0 aromatic heterocycles. The molecule has 0 radical (unpaired) electrons. The lowest BCUT2D eigenvalue weighted by Crippen LogP contribution is -2.23. The predicted molar refractivity (Wildman–Crippen MR) is 55.3 cm³/mol. The summed E-state index contributed by atoms with van der Waals surface area (Å²) in [7, 11) is 3.49. The van der Waals surface area contributed by atoms with Gasteiger partial charge in [-0.1, -0.05) is 13.8 Å². The molecule has 3 nitrogen and oxygen atoms in total. The minimum absolute atomic E-state index is 0.0220. The van der Waals surface area contributed by atoms with Crippen LogP contribution >= 0.6 is 0 Å². The average Bonchev–Trinajstić information content (AvgIpc) is 2.00. The van der Waals surface area contributed by atoms with Crippen molar-refractivity contribution in [3.8, 4) is 0 Å². The quantitative estimate of drug-likeness (QED) is 0.666. The van der Waals surface area contributed by atoms with E-state index in [4.69, 9.17) is 0 Å². The van der Waals surface area contributed by atoms with E-state index in [2.05, 4.69) is 19.2 Å². The van der Waals surface area contributed by atoms with Crippen LogP contribution in [0.5, 0.6) is 0 Å². The van der Waals surface area contributed by atoms with E-state index < -0.39 is 0 Å². The second-order valence-corrected chi connectivity index (χ2v) is 3.83. The van der Waals surface area contributed by atoms with Gasteiger partial charge in [0.15, 0.2) is 0 Å². The van der Waals surface area contributed by atoms with E-state index in [1.54, 1.807) is 25.1 Å². The number of carbonyl (C=O) groups excluding carboxylic acids is 1. The Bertz CT molecular complexity index is 195. The lowest BCUT2D eigenvalue weighted by atomic mass is 10.2. The van der Waals surface area contributed by atoms with Gasteiger partial charge in [-0.25, -0.2) is 0 Å². The second-order valence-electron chi connectivity index (χ2n) is 3.83. The first-order valence-electron chi connectivity index (χ1n) is 4.57. The summed E-state index contributed by atoms with van der Waals surface area (Å²) in [6, 6.07) is 0. The number of hydrogen-bond donors (Lipinski definition) is 1. The number of nitrogens with zero attached hydrogens (tertiary/aromatic N) is 1. The SMILES string of the molecule is CC(=CC(=O)N(C)C)NCC(C)C. The Morgan fingerprint density at radius 3 is 2.38 bits per heavy atom. The summed E-state index contributed by atoms with van der Waals surface area (Å²) in [5.74, 6) is 0.617. The van der Waals surface area contributed by atoms with Gasteiger partial charge in [-0.2, -0.15) is 0 Å². The van der Waals surface area contributed by atoms with Crippen LogP contribution in [0.15, 0.2) is 11.8 Å². The number of hydrogen-bond acceptors (Lipinski definition) is 2. The molecule has 0 aromatic carbocycles. The number of carbonyl (C=O) groups is 1. The van der Waals surface area contributed by atoms with Crippen molar-refractivity contribution in [1.29, 1.82) is 0 Å². The molecule has 0 bridgehead atoms. The fourth-order valence-corrected chi connectivity index (χ4v) is 0.730. The lowest BCUT2D eigenvalue weighted by molar-refractivity contribution is -0.123. The van der Waals surface area contributed by atoms with E-state index in [1.165, 1.54) is 0 Å². The Labute approximate surface area is 80.8 Å². The van der Waals surface area contributed by atoms with Crippen LogP contribution in [0.4, 0.5) is 0 Å². The highest BCUT2D eigenvalue weighted by Crippen LogP contribution is 1.93. The third-order valence-corrected chi connectivity index (χ3v) is 1.57. The molecular weight excluding hydrogens is 164 g/mol. The first kappa shape index (κ1) is 12.0. The van der Waals surface area contributed by atoms with Gasteiger partial charge in [-0.15, -0.1) is 0 Å². The maximum atomic E-state index is 11.2. The molecule has 0 fully saturated rings. The number of allylic oxidation sites excluding steroid dienone is 1. The van der Waals surface area contributed by atoms with E-state index in [-0.39, 0.29) is 5.91 Å². The van der Waals surface area contributed by atoms with Crippen molar-refractivity contribution >= 4 is 5.91 Å². The Kier molecular flexibility index (Phi) is 5.19. The maximum Gasteiger partial charge on any atom is 0.247 e. The van der Waals surface area contributed by atoms with Crippen LogP contribution in [0, 0.1) is 5.92 Å². The summed E-state index contributed by atoms with van der Waals surface area (Å²) >= 11 is 0. The van der Waals surface area contributed by atoms with Crippen LogP contribution in [-0.2, 0) is 4.79 Å². The van der Waals surface area contributed by atoms with Gasteiger partial charge in [0.2, 0.25) is 5.91 Å². The Balaban J connectivity index is 3.95.